The van der Waals surface area contributed by atoms with Crippen LogP contribution in [0.4, 0.5) is 0 Å². The molecule has 4 heteroatoms. The van der Waals surface area contributed by atoms with Crippen molar-refractivity contribution < 1.29 is 13.2 Å². The van der Waals surface area contributed by atoms with Crippen molar-refractivity contribution in [3.63, 3.8) is 0 Å². The van der Waals surface area contributed by atoms with E-state index in [0.29, 0.717) is 0 Å². The Morgan fingerprint density at radius 2 is 1.57 bits per heavy atom. The molecule has 0 saturated heterocycles. The first kappa shape index (κ1) is 13.6. The van der Waals surface area contributed by atoms with Crippen LogP contribution in [-0.4, -0.2) is 0 Å². The summed E-state index contributed by atoms with van der Waals surface area (Å²) in [6.07, 6.45) is 0. The van der Waals surface area contributed by atoms with E-state index in [0.717, 1.165) is 0 Å². The van der Waals surface area contributed by atoms with Crippen LogP contribution < -0.4 is 0 Å². The number of halogens is 3. The van der Waals surface area contributed by atoms with Crippen LogP contribution in [-0.2, 0) is 18.6 Å². The number of hydrogen-bond donors (Lipinski definition) is 0. The standard InChI is InChI=1S/C10H13.3BrH.Zr/c1-10(2,3)9-7-5-4-6-8-9;;;;/h4-8H,1H2,2-3H3;3*1H;/q;;;;+3/p-3. The molecule has 14 heavy (non-hydrogen) atoms. The van der Waals surface area contributed by atoms with Crippen LogP contribution in [0.1, 0.15) is 19.4 Å². The van der Waals surface area contributed by atoms with Gasteiger partial charge in [0, 0.05) is 0 Å². The molecule has 0 bridgehead atoms. The van der Waals surface area contributed by atoms with Crippen molar-refractivity contribution in [2.75, 3.05) is 0 Å². The van der Waals surface area contributed by atoms with Gasteiger partial charge in [-0.05, 0) is 0 Å². The van der Waals surface area contributed by atoms with Crippen LogP contribution >= 0.6 is 36.7 Å². The molecule has 0 spiro atoms. The third-order valence-corrected chi connectivity index (χ3v) is 10.3. The van der Waals surface area contributed by atoms with Gasteiger partial charge in [0.2, 0.25) is 0 Å². The van der Waals surface area contributed by atoms with Crippen molar-refractivity contribution in [1.29, 1.82) is 0 Å². The van der Waals surface area contributed by atoms with Gasteiger partial charge in [0.05, 0.1) is 0 Å². The van der Waals surface area contributed by atoms with Crippen LogP contribution in [0.25, 0.3) is 0 Å². The van der Waals surface area contributed by atoms with Crippen LogP contribution in [0.5, 0.6) is 0 Å². The molecule has 1 aromatic rings. The van der Waals surface area contributed by atoms with Gasteiger partial charge in [0.25, 0.3) is 0 Å². The second-order valence-corrected chi connectivity index (χ2v) is 50.8. The van der Waals surface area contributed by atoms with Crippen molar-refractivity contribution >= 4 is 36.7 Å². The Morgan fingerprint density at radius 1 is 1.07 bits per heavy atom. The second kappa shape index (κ2) is 5.25. The fourth-order valence-electron chi connectivity index (χ4n) is 1.49. The molecule has 1 aromatic carbocycles. The molecule has 0 amide bonds. The predicted molar refractivity (Wildman–Crippen MR) is 71.1 cm³/mol. The maximum absolute atomic E-state index is 3.75. The van der Waals surface area contributed by atoms with Gasteiger partial charge in [-0.1, -0.05) is 0 Å². The Bertz CT molecular complexity index is 290. The molecule has 0 unspecified atom stereocenters. The number of hydrogen-bond acceptors (Lipinski definition) is 0. The summed E-state index contributed by atoms with van der Waals surface area (Å²) in [5.41, 5.74) is 1.63. The summed E-state index contributed by atoms with van der Waals surface area (Å²) >= 11 is 9.03. The topological polar surface area (TPSA) is 0 Å². The molecule has 78 valence electrons. The molecule has 0 nitrogen and oxygen atoms in total. The molecule has 0 aliphatic heterocycles. The molecule has 0 aromatic heterocycles. The van der Waals surface area contributed by atoms with E-state index in [1.165, 1.54) is 9.69 Å². The molecule has 0 aliphatic carbocycles. The first-order valence-electron chi connectivity index (χ1n) is 4.43. The minimum atomic E-state index is -2.24. The summed E-state index contributed by atoms with van der Waals surface area (Å²) in [6, 6.07) is 10.7. The molecule has 0 aliphatic rings. The third-order valence-electron chi connectivity index (χ3n) is 2.20. The Balaban J connectivity index is 2.86. The predicted octanol–water partition coefficient (Wildman–Crippen LogP) is 5.47. The van der Waals surface area contributed by atoms with Gasteiger partial charge >= 0.3 is 109 Å². The van der Waals surface area contributed by atoms with E-state index in [4.69, 9.17) is 0 Å². The van der Waals surface area contributed by atoms with Crippen molar-refractivity contribution in [3.05, 3.63) is 35.9 Å². The van der Waals surface area contributed by atoms with Gasteiger partial charge in [-0.15, -0.1) is 0 Å². The van der Waals surface area contributed by atoms with Gasteiger partial charge in [0.15, 0.2) is 0 Å². The van der Waals surface area contributed by atoms with Gasteiger partial charge in [-0.3, -0.25) is 0 Å². The molecule has 0 radical (unpaired) electrons. The van der Waals surface area contributed by atoms with E-state index in [1.807, 2.05) is 0 Å². The number of rotatable bonds is 3. The van der Waals surface area contributed by atoms with Gasteiger partial charge < -0.3 is 0 Å². The number of benzene rings is 1. The van der Waals surface area contributed by atoms with E-state index in [1.54, 1.807) is 0 Å². The normalized spacial score (nSPS) is 12.9. The fourth-order valence-corrected chi connectivity index (χ4v) is 16.9. The van der Waals surface area contributed by atoms with E-state index in [9.17, 15) is 0 Å². The fraction of sp³-hybridized carbons (Fsp3) is 0.400. The SMILES string of the molecule is CC(C)([CH2][Zr]([Br])([Br])[Br])c1ccccc1. The van der Waals surface area contributed by atoms with E-state index < -0.39 is 13.2 Å². The summed E-state index contributed by atoms with van der Waals surface area (Å²) in [5, 5.41) is 0. The summed E-state index contributed by atoms with van der Waals surface area (Å²) < 4.78 is 1.17. The van der Waals surface area contributed by atoms with E-state index >= 15 is 0 Å². The Kier molecular flexibility index (Phi) is 5.10. The minimum absolute atomic E-state index is 0.230. The van der Waals surface area contributed by atoms with E-state index in [2.05, 4.69) is 80.8 Å². The monoisotopic (exact) mass is 460 g/mol. The Morgan fingerprint density at radius 3 is 2.00 bits per heavy atom. The maximum atomic E-state index is 3.75. The molecular formula is C10H13Br3Zr. The second-order valence-electron chi connectivity index (χ2n) is 4.04. The summed E-state index contributed by atoms with van der Waals surface area (Å²) in [5.74, 6) is 0. The van der Waals surface area contributed by atoms with Crippen molar-refractivity contribution in [1.82, 2.24) is 0 Å². The Labute approximate surface area is 108 Å². The summed E-state index contributed by atoms with van der Waals surface area (Å²) in [6.45, 7) is 4.58. The zero-order valence-corrected chi connectivity index (χ0v) is 15.4. The van der Waals surface area contributed by atoms with Crippen LogP contribution in [0.15, 0.2) is 30.3 Å². The molecule has 0 heterocycles. The van der Waals surface area contributed by atoms with Crippen molar-refractivity contribution in [2.24, 2.45) is 0 Å². The van der Waals surface area contributed by atoms with Crippen LogP contribution in [0.3, 0.4) is 0 Å². The van der Waals surface area contributed by atoms with Gasteiger partial charge in [-0.25, -0.2) is 0 Å². The molecular weight excluding hydrogens is 451 g/mol. The zero-order chi connectivity index (χ0) is 10.8. The first-order valence-corrected chi connectivity index (χ1v) is 23.0. The van der Waals surface area contributed by atoms with Crippen molar-refractivity contribution in [2.45, 2.75) is 23.4 Å². The first-order chi connectivity index (χ1) is 6.31. The average Bonchev–Trinajstić information content (AvgIpc) is 2.01. The van der Waals surface area contributed by atoms with Crippen molar-refractivity contribution in [3.8, 4) is 0 Å². The van der Waals surface area contributed by atoms with E-state index in [-0.39, 0.29) is 5.41 Å². The van der Waals surface area contributed by atoms with Gasteiger partial charge in [0.1, 0.15) is 0 Å². The van der Waals surface area contributed by atoms with Crippen LogP contribution in [0, 0.1) is 0 Å². The molecule has 0 N–H and O–H groups in total. The van der Waals surface area contributed by atoms with Gasteiger partial charge in [-0.2, -0.15) is 0 Å². The molecule has 0 atom stereocenters. The molecule has 1 rings (SSSR count). The van der Waals surface area contributed by atoms with Crippen LogP contribution in [0.2, 0.25) is 4.13 Å². The quantitative estimate of drug-likeness (QED) is 0.557. The summed E-state index contributed by atoms with van der Waals surface area (Å²) in [4.78, 5) is 0. The summed E-state index contributed by atoms with van der Waals surface area (Å²) in [7, 11) is 0. The molecule has 0 fully saturated rings. The third kappa shape index (κ3) is 4.59. The Hall–Kier alpha value is 1.54. The zero-order valence-electron chi connectivity index (χ0n) is 8.23. The molecule has 0 saturated carbocycles. The average molecular weight is 464 g/mol.